The first-order valence-electron chi connectivity index (χ1n) is 5.40. The minimum absolute atomic E-state index is 0.0530. The van der Waals surface area contributed by atoms with Gasteiger partial charge in [-0.1, -0.05) is 0 Å². The van der Waals surface area contributed by atoms with Crippen LogP contribution in [0.2, 0.25) is 0 Å². The van der Waals surface area contributed by atoms with Crippen LogP contribution in [0.3, 0.4) is 0 Å². The summed E-state index contributed by atoms with van der Waals surface area (Å²) in [5.74, 6) is -0.987. The highest BCUT2D eigenvalue weighted by atomic mass is 19.4. The van der Waals surface area contributed by atoms with Gasteiger partial charge >= 0.3 is 6.36 Å². The van der Waals surface area contributed by atoms with Crippen molar-refractivity contribution in [2.45, 2.75) is 12.4 Å². The van der Waals surface area contributed by atoms with Gasteiger partial charge in [-0.3, -0.25) is 10.0 Å². The van der Waals surface area contributed by atoms with Gasteiger partial charge in [0.2, 0.25) is 5.90 Å². The molecule has 0 fully saturated rings. The zero-order chi connectivity index (χ0) is 14.8. The van der Waals surface area contributed by atoms with E-state index in [0.29, 0.717) is 5.56 Å². The normalized spacial score (nSPS) is 18.2. The zero-order valence-corrected chi connectivity index (χ0v) is 9.85. The van der Waals surface area contributed by atoms with Crippen molar-refractivity contribution in [1.29, 1.82) is 0 Å². The molecular formula is C11H9F3N2O4. The highest BCUT2D eigenvalue weighted by Gasteiger charge is 2.31. The number of nitrogens with one attached hydrogen (secondary N) is 1. The highest BCUT2D eigenvalue weighted by Crippen LogP contribution is 2.23. The number of hydroxylamine groups is 1. The van der Waals surface area contributed by atoms with Crippen LogP contribution in [0, 0.1) is 0 Å². The SMILES string of the molecule is O=C(NO)C1COC(c2ccc(OC(F)(F)F)cc2)=N1. The van der Waals surface area contributed by atoms with E-state index < -0.39 is 18.3 Å². The zero-order valence-electron chi connectivity index (χ0n) is 9.85. The van der Waals surface area contributed by atoms with Crippen LogP contribution in [0.1, 0.15) is 5.56 Å². The van der Waals surface area contributed by atoms with Crippen LogP contribution in [0.4, 0.5) is 13.2 Å². The Balaban J connectivity index is 2.09. The smallest absolute Gasteiger partial charge is 0.475 e. The lowest BCUT2D eigenvalue weighted by Crippen LogP contribution is -2.31. The van der Waals surface area contributed by atoms with E-state index in [1.165, 1.54) is 17.6 Å². The van der Waals surface area contributed by atoms with Crippen molar-refractivity contribution < 1.29 is 32.6 Å². The predicted molar refractivity (Wildman–Crippen MR) is 59.3 cm³/mol. The Morgan fingerprint density at radius 1 is 1.40 bits per heavy atom. The molecule has 2 N–H and O–H groups in total. The number of benzene rings is 1. The third kappa shape index (κ3) is 3.38. The molecule has 6 nitrogen and oxygen atoms in total. The van der Waals surface area contributed by atoms with Crippen molar-refractivity contribution in [2.75, 3.05) is 6.61 Å². The summed E-state index contributed by atoms with van der Waals surface area (Å²) in [4.78, 5) is 15.0. The maximum atomic E-state index is 12.0. The van der Waals surface area contributed by atoms with Crippen molar-refractivity contribution in [1.82, 2.24) is 5.48 Å². The molecular weight excluding hydrogens is 281 g/mol. The van der Waals surface area contributed by atoms with Gasteiger partial charge in [0.05, 0.1) is 0 Å². The molecule has 1 unspecified atom stereocenters. The molecule has 1 atom stereocenters. The molecule has 1 aliphatic heterocycles. The highest BCUT2D eigenvalue weighted by molar-refractivity contribution is 5.98. The number of nitrogens with zero attached hydrogens (tertiary/aromatic N) is 1. The van der Waals surface area contributed by atoms with Crippen LogP contribution >= 0.6 is 0 Å². The quantitative estimate of drug-likeness (QED) is 0.648. The molecule has 0 aromatic heterocycles. The maximum absolute atomic E-state index is 12.0. The van der Waals surface area contributed by atoms with E-state index in [-0.39, 0.29) is 18.3 Å². The Morgan fingerprint density at radius 3 is 2.60 bits per heavy atom. The third-order valence-electron chi connectivity index (χ3n) is 2.40. The van der Waals surface area contributed by atoms with Crippen LogP contribution in [0.5, 0.6) is 5.75 Å². The molecule has 1 heterocycles. The van der Waals surface area contributed by atoms with E-state index in [4.69, 9.17) is 9.94 Å². The lowest BCUT2D eigenvalue weighted by atomic mass is 10.2. The largest absolute Gasteiger partial charge is 0.573 e. The van der Waals surface area contributed by atoms with Crippen molar-refractivity contribution >= 4 is 11.8 Å². The Bertz CT molecular complexity index is 527. The summed E-state index contributed by atoms with van der Waals surface area (Å²) in [5.41, 5.74) is 1.84. The number of carbonyl (C=O) groups excluding carboxylic acids is 1. The molecule has 0 spiro atoms. The molecule has 2 rings (SSSR count). The van der Waals surface area contributed by atoms with Gasteiger partial charge in [-0.2, -0.15) is 0 Å². The van der Waals surface area contributed by atoms with Crippen molar-refractivity contribution in [3.63, 3.8) is 0 Å². The van der Waals surface area contributed by atoms with Crippen LogP contribution in [-0.2, 0) is 9.53 Å². The number of ether oxygens (including phenoxy) is 2. The summed E-state index contributed by atoms with van der Waals surface area (Å²) in [6.07, 6.45) is -4.76. The van der Waals surface area contributed by atoms with Crippen molar-refractivity contribution in [2.24, 2.45) is 4.99 Å². The monoisotopic (exact) mass is 290 g/mol. The Hall–Kier alpha value is -2.29. The summed E-state index contributed by atoms with van der Waals surface area (Å²) in [6.45, 7) is -0.0530. The molecule has 0 bridgehead atoms. The van der Waals surface area contributed by atoms with Gasteiger partial charge in [0.25, 0.3) is 5.91 Å². The second-order valence-corrected chi connectivity index (χ2v) is 3.81. The van der Waals surface area contributed by atoms with Gasteiger partial charge in [0, 0.05) is 5.56 Å². The number of carbonyl (C=O) groups is 1. The lowest BCUT2D eigenvalue weighted by Gasteiger charge is -2.09. The molecule has 1 aliphatic rings. The fourth-order valence-electron chi connectivity index (χ4n) is 1.54. The van der Waals surface area contributed by atoms with Crippen molar-refractivity contribution in [3.8, 4) is 5.75 Å². The molecule has 108 valence electrons. The number of alkyl halides is 3. The van der Waals surface area contributed by atoms with E-state index in [1.807, 2.05) is 0 Å². The molecule has 0 saturated heterocycles. The maximum Gasteiger partial charge on any atom is 0.573 e. The predicted octanol–water partition coefficient (Wildman–Crippen LogP) is 1.24. The van der Waals surface area contributed by atoms with Gasteiger partial charge in [0.15, 0.2) is 6.04 Å². The van der Waals surface area contributed by atoms with Crippen LogP contribution < -0.4 is 10.2 Å². The molecule has 1 aromatic rings. The molecule has 1 aromatic carbocycles. The van der Waals surface area contributed by atoms with Gasteiger partial charge in [0.1, 0.15) is 12.4 Å². The van der Waals surface area contributed by atoms with E-state index in [9.17, 15) is 18.0 Å². The number of hydrogen-bond acceptors (Lipinski definition) is 5. The first-order chi connectivity index (χ1) is 9.39. The van der Waals surface area contributed by atoms with Gasteiger partial charge in [-0.05, 0) is 24.3 Å². The lowest BCUT2D eigenvalue weighted by molar-refractivity contribution is -0.274. The van der Waals surface area contributed by atoms with Crippen LogP contribution in [0.25, 0.3) is 0 Å². The van der Waals surface area contributed by atoms with E-state index >= 15 is 0 Å². The first kappa shape index (κ1) is 14.1. The molecule has 0 saturated carbocycles. The average molecular weight is 290 g/mol. The fourth-order valence-corrected chi connectivity index (χ4v) is 1.54. The Morgan fingerprint density at radius 2 is 2.05 bits per heavy atom. The molecule has 20 heavy (non-hydrogen) atoms. The van der Waals surface area contributed by atoms with Gasteiger partial charge < -0.3 is 9.47 Å². The summed E-state index contributed by atoms with van der Waals surface area (Å²) in [7, 11) is 0. The Kier molecular flexibility index (Phi) is 3.79. The number of halogens is 3. The second-order valence-electron chi connectivity index (χ2n) is 3.81. The average Bonchev–Trinajstić information content (AvgIpc) is 2.86. The van der Waals surface area contributed by atoms with Gasteiger partial charge in [-0.15, -0.1) is 13.2 Å². The van der Waals surface area contributed by atoms with Crippen LogP contribution in [0.15, 0.2) is 29.3 Å². The van der Waals surface area contributed by atoms with E-state index in [0.717, 1.165) is 12.1 Å². The first-order valence-corrected chi connectivity index (χ1v) is 5.40. The third-order valence-corrected chi connectivity index (χ3v) is 2.40. The van der Waals surface area contributed by atoms with Gasteiger partial charge in [-0.25, -0.2) is 10.5 Å². The summed E-state index contributed by atoms with van der Waals surface area (Å²) in [6, 6.07) is 3.96. The minimum atomic E-state index is -4.76. The van der Waals surface area contributed by atoms with E-state index in [1.54, 1.807) is 0 Å². The second kappa shape index (κ2) is 5.37. The number of hydrogen-bond donors (Lipinski definition) is 2. The molecule has 9 heteroatoms. The van der Waals surface area contributed by atoms with Crippen LogP contribution in [-0.4, -0.2) is 36.0 Å². The topological polar surface area (TPSA) is 80.2 Å². The minimum Gasteiger partial charge on any atom is -0.475 e. The number of amides is 1. The van der Waals surface area contributed by atoms with E-state index in [2.05, 4.69) is 9.73 Å². The molecule has 1 amide bonds. The number of rotatable bonds is 3. The number of aliphatic imine (C=N–C) groups is 1. The standard InChI is InChI=1S/C11H9F3N2O4/c12-11(13,14)20-7-3-1-6(2-4-7)10-15-8(5-19-10)9(17)16-18/h1-4,8,18H,5H2,(H,16,17). The molecule has 0 aliphatic carbocycles. The fraction of sp³-hybridized carbons (Fsp3) is 0.273. The van der Waals surface area contributed by atoms with Crippen molar-refractivity contribution in [3.05, 3.63) is 29.8 Å². The Labute approximate surface area is 110 Å². The summed E-state index contributed by atoms with van der Waals surface area (Å²) >= 11 is 0. The summed E-state index contributed by atoms with van der Waals surface area (Å²) in [5, 5.41) is 8.45. The molecule has 0 radical (unpaired) electrons. The summed E-state index contributed by atoms with van der Waals surface area (Å²) < 4.78 is 44.8.